The molecule has 35 heavy (non-hydrogen) atoms. The molecule has 2 N–H and O–H groups in total. The number of aromatic amines is 1. The van der Waals surface area contributed by atoms with Crippen molar-refractivity contribution in [2.75, 3.05) is 29.9 Å². The molecule has 1 saturated heterocycles. The van der Waals surface area contributed by atoms with E-state index in [0.717, 1.165) is 53.9 Å². The Kier molecular flexibility index (Phi) is 5.25. The van der Waals surface area contributed by atoms with E-state index in [1.807, 2.05) is 48.4 Å². The Balaban J connectivity index is 1.12. The molecule has 0 bridgehead atoms. The van der Waals surface area contributed by atoms with E-state index in [4.69, 9.17) is 16.3 Å². The van der Waals surface area contributed by atoms with E-state index in [2.05, 4.69) is 37.3 Å². The van der Waals surface area contributed by atoms with Gasteiger partial charge in [-0.2, -0.15) is 0 Å². The Labute approximate surface area is 207 Å². The van der Waals surface area contributed by atoms with Crippen molar-refractivity contribution in [1.29, 1.82) is 0 Å². The number of aryl methyl sites for hydroxylation is 1. The molecule has 0 unspecified atom stereocenters. The van der Waals surface area contributed by atoms with Crippen LogP contribution in [0.4, 0.5) is 16.2 Å². The predicted octanol–water partition coefficient (Wildman–Crippen LogP) is 5.60. The molecule has 8 nitrogen and oxygen atoms in total. The SMILES string of the molecule is Cc1cnc(Oc2ccc(N3CCN(C(=O)Nc4c[nH]c5ccc(Cl)cc45)C4(CC4)C3)cc2)cn1. The number of urea groups is 1. The minimum atomic E-state index is -0.126. The second-order valence-electron chi connectivity index (χ2n) is 9.21. The van der Waals surface area contributed by atoms with Gasteiger partial charge in [-0.1, -0.05) is 11.6 Å². The van der Waals surface area contributed by atoms with E-state index in [-0.39, 0.29) is 11.6 Å². The lowest BCUT2D eigenvalue weighted by Gasteiger charge is -2.43. The largest absolute Gasteiger partial charge is 0.438 e. The summed E-state index contributed by atoms with van der Waals surface area (Å²) in [6, 6.07) is 13.5. The van der Waals surface area contributed by atoms with Crippen LogP contribution < -0.4 is 15.0 Å². The molecule has 4 aromatic rings. The Bertz CT molecular complexity index is 1380. The fourth-order valence-corrected chi connectivity index (χ4v) is 4.92. The number of hydrogen-bond acceptors (Lipinski definition) is 5. The molecule has 1 aliphatic carbocycles. The summed E-state index contributed by atoms with van der Waals surface area (Å²) in [5.41, 5.74) is 3.53. The monoisotopic (exact) mass is 488 g/mol. The predicted molar refractivity (Wildman–Crippen MR) is 136 cm³/mol. The second-order valence-corrected chi connectivity index (χ2v) is 9.65. The number of nitrogens with one attached hydrogen (secondary N) is 2. The number of carbonyl (C=O) groups is 1. The normalized spacial score (nSPS) is 16.5. The van der Waals surface area contributed by atoms with Gasteiger partial charge in [-0.25, -0.2) is 9.78 Å². The number of H-pyrrole nitrogens is 1. The van der Waals surface area contributed by atoms with Crippen molar-refractivity contribution >= 4 is 39.9 Å². The fourth-order valence-electron chi connectivity index (χ4n) is 4.75. The first-order valence-electron chi connectivity index (χ1n) is 11.7. The Morgan fingerprint density at radius 1 is 1.11 bits per heavy atom. The third-order valence-electron chi connectivity index (χ3n) is 6.79. The third-order valence-corrected chi connectivity index (χ3v) is 7.03. The lowest BCUT2D eigenvalue weighted by atomic mass is 10.1. The van der Waals surface area contributed by atoms with Crippen LogP contribution >= 0.6 is 11.6 Å². The lowest BCUT2D eigenvalue weighted by molar-refractivity contribution is 0.169. The molecule has 0 atom stereocenters. The number of aromatic nitrogens is 3. The number of amides is 2. The van der Waals surface area contributed by atoms with E-state index in [0.29, 0.717) is 23.2 Å². The molecule has 2 aromatic heterocycles. The zero-order valence-electron chi connectivity index (χ0n) is 19.3. The first kappa shape index (κ1) is 21.7. The Morgan fingerprint density at radius 3 is 2.69 bits per heavy atom. The summed E-state index contributed by atoms with van der Waals surface area (Å²) < 4.78 is 5.80. The van der Waals surface area contributed by atoms with Crippen LogP contribution in [0.3, 0.4) is 0 Å². The number of nitrogens with zero attached hydrogens (tertiary/aromatic N) is 4. The molecule has 2 aromatic carbocycles. The van der Waals surface area contributed by atoms with Gasteiger partial charge in [0, 0.05) is 47.4 Å². The molecule has 1 spiro atoms. The summed E-state index contributed by atoms with van der Waals surface area (Å²) in [6.07, 6.45) is 7.13. The molecule has 1 aliphatic heterocycles. The molecule has 2 aliphatic rings. The highest BCUT2D eigenvalue weighted by Gasteiger charge is 2.53. The molecule has 3 heterocycles. The van der Waals surface area contributed by atoms with Gasteiger partial charge in [-0.05, 0) is 62.2 Å². The van der Waals surface area contributed by atoms with Crippen molar-refractivity contribution < 1.29 is 9.53 Å². The summed E-state index contributed by atoms with van der Waals surface area (Å²) >= 11 is 6.16. The molecule has 178 valence electrons. The van der Waals surface area contributed by atoms with Gasteiger partial charge in [0.1, 0.15) is 5.75 Å². The first-order chi connectivity index (χ1) is 17.0. The van der Waals surface area contributed by atoms with Gasteiger partial charge in [-0.15, -0.1) is 0 Å². The molecular formula is C26H25ClN6O2. The Morgan fingerprint density at radius 2 is 1.94 bits per heavy atom. The molecule has 6 rings (SSSR count). The van der Waals surface area contributed by atoms with Crippen LogP contribution in [0.5, 0.6) is 11.6 Å². The fraction of sp³-hybridized carbons (Fsp3) is 0.269. The molecule has 9 heteroatoms. The minimum Gasteiger partial charge on any atom is -0.438 e. The van der Waals surface area contributed by atoms with E-state index < -0.39 is 0 Å². The van der Waals surface area contributed by atoms with Crippen LogP contribution in [0.2, 0.25) is 5.02 Å². The quantitative estimate of drug-likeness (QED) is 0.390. The van der Waals surface area contributed by atoms with Crippen molar-refractivity contribution in [2.24, 2.45) is 0 Å². The summed E-state index contributed by atoms with van der Waals surface area (Å²) in [5.74, 6) is 1.18. The zero-order valence-corrected chi connectivity index (χ0v) is 20.0. The van der Waals surface area contributed by atoms with E-state index in [1.54, 1.807) is 12.4 Å². The number of ether oxygens (including phenoxy) is 1. The second kappa shape index (κ2) is 8.46. The van der Waals surface area contributed by atoms with Gasteiger partial charge < -0.3 is 24.8 Å². The van der Waals surface area contributed by atoms with Crippen molar-refractivity contribution in [3.05, 3.63) is 71.8 Å². The average Bonchev–Trinajstić information content (AvgIpc) is 3.51. The summed E-state index contributed by atoms with van der Waals surface area (Å²) in [7, 11) is 0. The van der Waals surface area contributed by atoms with Crippen LogP contribution in [0, 0.1) is 6.92 Å². The highest BCUT2D eigenvalue weighted by molar-refractivity contribution is 6.31. The van der Waals surface area contributed by atoms with Crippen molar-refractivity contribution in [1.82, 2.24) is 19.9 Å². The summed E-state index contributed by atoms with van der Waals surface area (Å²) in [4.78, 5) is 29.2. The van der Waals surface area contributed by atoms with Crippen LogP contribution in [0.25, 0.3) is 10.9 Å². The maximum absolute atomic E-state index is 13.3. The highest BCUT2D eigenvalue weighted by Crippen LogP contribution is 2.45. The van der Waals surface area contributed by atoms with Gasteiger partial charge in [0.05, 0.1) is 29.3 Å². The standard InChI is InChI=1S/C26H25ClN6O2/c1-17-13-30-24(15-28-17)35-20-5-3-19(4-6-20)32-10-11-33(26(16-32)8-9-26)25(34)31-23-14-29-22-7-2-18(27)12-21(22)23/h2-7,12-15,29H,8-11,16H2,1H3,(H,31,34). The van der Waals surface area contributed by atoms with Crippen molar-refractivity contribution in [2.45, 2.75) is 25.3 Å². The summed E-state index contributed by atoms with van der Waals surface area (Å²) in [6.45, 7) is 4.12. The molecule has 2 fully saturated rings. The highest BCUT2D eigenvalue weighted by atomic mass is 35.5. The van der Waals surface area contributed by atoms with Gasteiger partial charge in [-0.3, -0.25) is 4.98 Å². The number of hydrogen-bond donors (Lipinski definition) is 2. The van der Waals surface area contributed by atoms with Gasteiger partial charge >= 0.3 is 6.03 Å². The van der Waals surface area contributed by atoms with Crippen molar-refractivity contribution in [3.8, 4) is 11.6 Å². The Hall–Kier alpha value is -3.78. The minimum absolute atomic E-state index is 0.0639. The smallest absolute Gasteiger partial charge is 0.322 e. The first-order valence-corrected chi connectivity index (χ1v) is 12.0. The number of benzene rings is 2. The molecular weight excluding hydrogens is 464 g/mol. The van der Waals surface area contributed by atoms with E-state index in [9.17, 15) is 4.79 Å². The number of carbonyl (C=O) groups excluding carboxylic acids is 1. The number of anilines is 2. The van der Waals surface area contributed by atoms with E-state index >= 15 is 0 Å². The van der Waals surface area contributed by atoms with Gasteiger partial charge in [0.2, 0.25) is 5.88 Å². The lowest BCUT2D eigenvalue weighted by Crippen LogP contribution is -2.58. The molecule has 2 amide bonds. The zero-order chi connectivity index (χ0) is 24.0. The number of piperazine rings is 1. The number of rotatable bonds is 4. The maximum Gasteiger partial charge on any atom is 0.322 e. The van der Waals surface area contributed by atoms with Crippen LogP contribution in [-0.2, 0) is 0 Å². The molecule has 1 saturated carbocycles. The third kappa shape index (κ3) is 4.25. The maximum atomic E-state index is 13.3. The van der Waals surface area contributed by atoms with Crippen LogP contribution in [0.1, 0.15) is 18.5 Å². The number of halogens is 1. The van der Waals surface area contributed by atoms with Crippen molar-refractivity contribution in [3.63, 3.8) is 0 Å². The van der Waals surface area contributed by atoms with E-state index in [1.165, 1.54) is 0 Å². The topological polar surface area (TPSA) is 86.4 Å². The van der Waals surface area contributed by atoms with Gasteiger partial charge in [0.15, 0.2) is 0 Å². The van der Waals surface area contributed by atoms with Crippen LogP contribution in [-0.4, -0.2) is 51.1 Å². The van der Waals surface area contributed by atoms with Gasteiger partial charge in [0.25, 0.3) is 0 Å². The van der Waals surface area contributed by atoms with Crippen LogP contribution in [0.15, 0.2) is 61.1 Å². The number of fused-ring (bicyclic) bond motifs is 1. The molecule has 0 radical (unpaired) electrons. The average molecular weight is 489 g/mol. The summed E-state index contributed by atoms with van der Waals surface area (Å²) in [5, 5.41) is 4.65.